The van der Waals surface area contributed by atoms with Crippen molar-refractivity contribution >= 4 is 33.5 Å². The maximum absolute atomic E-state index is 4.42. The molecule has 1 aromatic heterocycles. The number of benzene rings is 1. The van der Waals surface area contributed by atoms with Crippen molar-refractivity contribution in [3.63, 3.8) is 0 Å². The van der Waals surface area contributed by atoms with Gasteiger partial charge in [-0.1, -0.05) is 6.92 Å². The van der Waals surface area contributed by atoms with Gasteiger partial charge in [0.15, 0.2) is 0 Å². The van der Waals surface area contributed by atoms with Gasteiger partial charge >= 0.3 is 0 Å². The van der Waals surface area contributed by atoms with Crippen molar-refractivity contribution in [2.24, 2.45) is 0 Å². The number of hydrogen-bond acceptors (Lipinski definition) is 2. The van der Waals surface area contributed by atoms with E-state index in [0.29, 0.717) is 0 Å². The molecule has 0 saturated carbocycles. The van der Waals surface area contributed by atoms with Crippen molar-refractivity contribution in [1.82, 2.24) is 9.97 Å². The third-order valence-electron chi connectivity index (χ3n) is 1.91. The third kappa shape index (κ3) is 1.80. The van der Waals surface area contributed by atoms with Crippen LogP contribution >= 0.6 is 22.6 Å². The Balaban J connectivity index is 2.66. The van der Waals surface area contributed by atoms with E-state index in [1.807, 2.05) is 12.3 Å². The molecule has 0 aliphatic rings. The second-order valence-corrected chi connectivity index (χ2v) is 4.09. The van der Waals surface area contributed by atoms with Crippen LogP contribution in [0.1, 0.15) is 12.7 Å². The summed E-state index contributed by atoms with van der Waals surface area (Å²) in [5, 5.41) is 1.11. The topological polar surface area (TPSA) is 25.8 Å². The molecule has 0 saturated heterocycles. The van der Waals surface area contributed by atoms with Crippen molar-refractivity contribution in [2.45, 2.75) is 13.3 Å². The van der Waals surface area contributed by atoms with Gasteiger partial charge in [0.05, 0.1) is 5.52 Å². The molecule has 2 aromatic rings. The predicted octanol–water partition coefficient (Wildman–Crippen LogP) is 2.80. The molecule has 2 rings (SSSR count). The Morgan fingerprint density at radius 3 is 3.00 bits per heavy atom. The summed E-state index contributed by atoms with van der Waals surface area (Å²) in [6.45, 7) is 2.06. The highest BCUT2D eigenvalue weighted by Crippen LogP contribution is 2.14. The number of aryl methyl sites for hydroxylation is 1. The summed E-state index contributed by atoms with van der Waals surface area (Å²) in [4.78, 5) is 8.67. The van der Waals surface area contributed by atoms with Crippen molar-refractivity contribution in [1.29, 1.82) is 0 Å². The van der Waals surface area contributed by atoms with E-state index in [-0.39, 0.29) is 0 Å². The quantitative estimate of drug-likeness (QED) is 0.752. The minimum Gasteiger partial charge on any atom is -0.241 e. The van der Waals surface area contributed by atoms with Crippen LogP contribution in [-0.2, 0) is 6.42 Å². The molecule has 0 radical (unpaired) electrons. The smallest absolute Gasteiger partial charge is 0.128 e. The highest BCUT2D eigenvalue weighted by Gasteiger charge is 1.97. The summed E-state index contributed by atoms with van der Waals surface area (Å²) in [7, 11) is 0. The maximum atomic E-state index is 4.42. The van der Waals surface area contributed by atoms with Gasteiger partial charge in [0.25, 0.3) is 0 Å². The monoisotopic (exact) mass is 284 g/mol. The van der Waals surface area contributed by atoms with Gasteiger partial charge in [-0.3, -0.25) is 0 Å². The lowest BCUT2D eigenvalue weighted by atomic mass is 10.2. The van der Waals surface area contributed by atoms with Gasteiger partial charge in [0, 0.05) is 21.6 Å². The lowest BCUT2D eigenvalue weighted by Crippen LogP contribution is -1.92. The molecule has 1 aromatic carbocycles. The molecule has 1 heterocycles. The normalized spacial score (nSPS) is 10.6. The molecule has 0 unspecified atom stereocenters. The molecule has 0 spiro atoms. The van der Waals surface area contributed by atoms with Crippen molar-refractivity contribution in [3.8, 4) is 0 Å². The fourth-order valence-electron chi connectivity index (χ4n) is 1.21. The average Bonchev–Trinajstić information content (AvgIpc) is 2.17. The van der Waals surface area contributed by atoms with Crippen LogP contribution in [0.15, 0.2) is 24.4 Å². The van der Waals surface area contributed by atoms with Crippen LogP contribution in [0.4, 0.5) is 0 Å². The standard InChI is InChI=1S/C10H9IN2/c1-2-10-12-6-7-5-8(11)3-4-9(7)13-10/h3-6H,2H2,1H3. The number of hydrogen-bond donors (Lipinski definition) is 0. The Kier molecular flexibility index (Phi) is 2.44. The van der Waals surface area contributed by atoms with E-state index in [2.05, 4.69) is 51.6 Å². The molecule has 0 aliphatic heterocycles. The summed E-state index contributed by atoms with van der Waals surface area (Å²) < 4.78 is 1.22. The number of fused-ring (bicyclic) bond motifs is 1. The van der Waals surface area contributed by atoms with Gasteiger partial charge in [-0.2, -0.15) is 0 Å². The minimum absolute atomic E-state index is 0.891. The Morgan fingerprint density at radius 2 is 2.23 bits per heavy atom. The van der Waals surface area contributed by atoms with E-state index in [1.165, 1.54) is 3.57 Å². The Bertz CT molecular complexity index is 440. The zero-order valence-electron chi connectivity index (χ0n) is 7.29. The molecule has 66 valence electrons. The fourth-order valence-corrected chi connectivity index (χ4v) is 1.73. The molecule has 0 fully saturated rings. The molecule has 0 N–H and O–H groups in total. The van der Waals surface area contributed by atoms with Gasteiger partial charge in [-0.25, -0.2) is 9.97 Å². The third-order valence-corrected chi connectivity index (χ3v) is 2.58. The highest BCUT2D eigenvalue weighted by atomic mass is 127. The minimum atomic E-state index is 0.891. The number of rotatable bonds is 1. The van der Waals surface area contributed by atoms with E-state index in [9.17, 15) is 0 Å². The van der Waals surface area contributed by atoms with Crippen LogP contribution in [0.3, 0.4) is 0 Å². The highest BCUT2D eigenvalue weighted by molar-refractivity contribution is 14.1. The van der Waals surface area contributed by atoms with Crippen LogP contribution in [0.25, 0.3) is 10.9 Å². The van der Waals surface area contributed by atoms with Gasteiger partial charge in [-0.05, 0) is 40.8 Å². The number of aromatic nitrogens is 2. The largest absolute Gasteiger partial charge is 0.241 e. The van der Waals surface area contributed by atoms with Crippen molar-refractivity contribution < 1.29 is 0 Å². The second-order valence-electron chi connectivity index (χ2n) is 2.84. The van der Waals surface area contributed by atoms with E-state index in [4.69, 9.17) is 0 Å². The molecular formula is C10H9IN2. The zero-order valence-corrected chi connectivity index (χ0v) is 9.45. The molecule has 2 nitrogen and oxygen atoms in total. The Labute approximate surface area is 90.5 Å². The van der Waals surface area contributed by atoms with E-state index in [0.717, 1.165) is 23.1 Å². The first-order chi connectivity index (χ1) is 6.29. The number of halogens is 1. The van der Waals surface area contributed by atoms with Crippen LogP contribution in [0, 0.1) is 3.57 Å². The fraction of sp³-hybridized carbons (Fsp3) is 0.200. The van der Waals surface area contributed by atoms with Crippen molar-refractivity contribution in [2.75, 3.05) is 0 Å². The Morgan fingerprint density at radius 1 is 1.38 bits per heavy atom. The van der Waals surface area contributed by atoms with E-state index >= 15 is 0 Å². The molecule has 0 aliphatic carbocycles. The maximum Gasteiger partial charge on any atom is 0.128 e. The lowest BCUT2D eigenvalue weighted by Gasteiger charge is -1.99. The summed E-state index contributed by atoms with van der Waals surface area (Å²) in [6, 6.07) is 6.20. The van der Waals surface area contributed by atoms with Crippen molar-refractivity contribution in [3.05, 3.63) is 33.8 Å². The van der Waals surface area contributed by atoms with Gasteiger partial charge < -0.3 is 0 Å². The van der Waals surface area contributed by atoms with Gasteiger partial charge in [0.2, 0.25) is 0 Å². The van der Waals surface area contributed by atoms with Crippen LogP contribution in [-0.4, -0.2) is 9.97 Å². The molecule has 3 heteroatoms. The van der Waals surface area contributed by atoms with Crippen LogP contribution in [0.2, 0.25) is 0 Å². The lowest BCUT2D eigenvalue weighted by molar-refractivity contribution is 0.961. The van der Waals surface area contributed by atoms with Crippen LogP contribution < -0.4 is 0 Å². The van der Waals surface area contributed by atoms with E-state index in [1.54, 1.807) is 0 Å². The van der Waals surface area contributed by atoms with Gasteiger partial charge in [-0.15, -0.1) is 0 Å². The first kappa shape index (κ1) is 8.87. The first-order valence-electron chi connectivity index (χ1n) is 4.21. The SMILES string of the molecule is CCc1ncc2cc(I)ccc2n1. The summed E-state index contributed by atoms with van der Waals surface area (Å²) in [5.41, 5.74) is 1.03. The molecular weight excluding hydrogens is 275 g/mol. The predicted molar refractivity (Wildman–Crippen MR) is 61.6 cm³/mol. The summed E-state index contributed by atoms with van der Waals surface area (Å²) in [5.74, 6) is 0.911. The van der Waals surface area contributed by atoms with Crippen LogP contribution in [0.5, 0.6) is 0 Å². The molecule has 13 heavy (non-hydrogen) atoms. The summed E-state index contributed by atoms with van der Waals surface area (Å²) in [6.07, 6.45) is 2.78. The Hall–Kier alpha value is -0.710. The van der Waals surface area contributed by atoms with E-state index < -0.39 is 0 Å². The molecule has 0 atom stereocenters. The first-order valence-corrected chi connectivity index (χ1v) is 5.28. The summed E-state index contributed by atoms with van der Waals surface area (Å²) >= 11 is 2.29. The van der Waals surface area contributed by atoms with Gasteiger partial charge in [0.1, 0.15) is 5.82 Å². The molecule has 0 amide bonds. The zero-order chi connectivity index (χ0) is 9.26. The average molecular weight is 284 g/mol. The second kappa shape index (κ2) is 3.57. The number of nitrogens with zero attached hydrogens (tertiary/aromatic N) is 2. The molecule has 0 bridgehead atoms.